The third-order valence-corrected chi connectivity index (χ3v) is 2.16. The van der Waals surface area contributed by atoms with E-state index in [1.54, 1.807) is 18.4 Å². The molecule has 1 N–H and O–H groups in total. The van der Waals surface area contributed by atoms with Crippen LogP contribution in [-0.4, -0.2) is 14.2 Å². The first kappa shape index (κ1) is 7.57. The molecule has 0 fully saturated rings. The van der Waals surface area contributed by atoms with Gasteiger partial charge in [0.25, 0.3) is 0 Å². The summed E-state index contributed by atoms with van der Waals surface area (Å²) < 4.78 is 5.11. The molecule has 0 spiro atoms. The van der Waals surface area contributed by atoms with Gasteiger partial charge in [-0.1, -0.05) is 0 Å². The Kier molecular flexibility index (Phi) is 2.71. The molecule has 56 valence electrons. The molecule has 0 amide bonds. The average Bonchev–Trinajstić information content (AvgIpc) is 2.36. The van der Waals surface area contributed by atoms with Crippen molar-refractivity contribution in [3.8, 4) is 5.75 Å². The number of rotatable bonds is 3. The van der Waals surface area contributed by atoms with Crippen molar-refractivity contribution in [2.75, 3.05) is 14.2 Å². The van der Waals surface area contributed by atoms with Crippen molar-refractivity contribution < 1.29 is 4.74 Å². The van der Waals surface area contributed by atoms with Crippen molar-refractivity contribution in [1.29, 1.82) is 0 Å². The summed E-state index contributed by atoms with van der Waals surface area (Å²) in [6.45, 7) is 0.890. The molecule has 1 aromatic heterocycles. The predicted molar refractivity (Wildman–Crippen MR) is 43.6 cm³/mol. The van der Waals surface area contributed by atoms with Gasteiger partial charge in [0, 0.05) is 6.54 Å². The van der Waals surface area contributed by atoms with Crippen LogP contribution in [0.4, 0.5) is 0 Å². The highest BCUT2D eigenvalue weighted by Gasteiger charge is 2.00. The highest BCUT2D eigenvalue weighted by atomic mass is 32.1. The van der Waals surface area contributed by atoms with Gasteiger partial charge in [-0.2, -0.15) is 0 Å². The number of hydrogen-bond donors (Lipinski definition) is 1. The normalized spacial score (nSPS) is 9.80. The van der Waals surface area contributed by atoms with E-state index >= 15 is 0 Å². The topological polar surface area (TPSA) is 21.3 Å². The maximum atomic E-state index is 5.11. The Hall–Kier alpha value is -0.540. The summed E-state index contributed by atoms with van der Waals surface area (Å²) in [5.41, 5.74) is 0. The van der Waals surface area contributed by atoms with Gasteiger partial charge in [0.1, 0.15) is 5.75 Å². The minimum absolute atomic E-state index is 0.890. The van der Waals surface area contributed by atoms with Crippen LogP contribution in [0.5, 0.6) is 5.75 Å². The van der Waals surface area contributed by atoms with Crippen LogP contribution < -0.4 is 10.1 Å². The van der Waals surface area contributed by atoms with Crippen LogP contribution in [-0.2, 0) is 6.54 Å². The van der Waals surface area contributed by atoms with E-state index < -0.39 is 0 Å². The van der Waals surface area contributed by atoms with Crippen molar-refractivity contribution in [3.63, 3.8) is 0 Å². The Morgan fingerprint density at radius 1 is 1.70 bits per heavy atom. The second kappa shape index (κ2) is 3.58. The molecule has 3 heteroatoms. The van der Waals surface area contributed by atoms with Gasteiger partial charge in [0.2, 0.25) is 0 Å². The molecule has 10 heavy (non-hydrogen) atoms. The van der Waals surface area contributed by atoms with E-state index in [2.05, 4.69) is 5.32 Å². The monoisotopic (exact) mass is 157 g/mol. The molecule has 2 nitrogen and oxygen atoms in total. The van der Waals surface area contributed by atoms with E-state index in [-0.39, 0.29) is 0 Å². The second-order valence-corrected chi connectivity index (χ2v) is 2.94. The van der Waals surface area contributed by atoms with Gasteiger partial charge >= 0.3 is 0 Å². The molecular formula is C7H11NOS. The largest absolute Gasteiger partial charge is 0.496 e. The molecule has 0 aliphatic rings. The smallest absolute Gasteiger partial charge is 0.134 e. The summed E-state index contributed by atoms with van der Waals surface area (Å²) in [6.07, 6.45) is 0. The van der Waals surface area contributed by atoms with E-state index in [0.29, 0.717) is 0 Å². The van der Waals surface area contributed by atoms with E-state index in [9.17, 15) is 0 Å². The third-order valence-electron chi connectivity index (χ3n) is 1.26. The van der Waals surface area contributed by atoms with Crippen LogP contribution in [0, 0.1) is 0 Å². The zero-order valence-electron chi connectivity index (χ0n) is 6.18. The molecule has 0 unspecified atom stereocenters. The van der Waals surface area contributed by atoms with Crippen molar-refractivity contribution in [2.24, 2.45) is 0 Å². The van der Waals surface area contributed by atoms with Crippen LogP contribution >= 0.6 is 11.3 Å². The first-order chi connectivity index (χ1) is 4.88. The predicted octanol–water partition coefficient (Wildman–Crippen LogP) is 1.48. The Balaban J connectivity index is 2.70. The summed E-state index contributed by atoms with van der Waals surface area (Å²) in [5, 5.41) is 5.11. The molecule has 0 atom stereocenters. The first-order valence-electron chi connectivity index (χ1n) is 3.13. The molecule has 0 aliphatic carbocycles. The second-order valence-electron chi connectivity index (χ2n) is 1.94. The Bertz CT molecular complexity index is 197. The first-order valence-corrected chi connectivity index (χ1v) is 4.01. The van der Waals surface area contributed by atoms with E-state index in [1.165, 1.54) is 4.88 Å². The number of methoxy groups -OCH3 is 1. The lowest BCUT2D eigenvalue weighted by Gasteiger charge is -1.99. The SMILES string of the molecule is CNCc1sccc1OC. The Morgan fingerprint density at radius 2 is 2.50 bits per heavy atom. The molecule has 0 aromatic carbocycles. The highest BCUT2D eigenvalue weighted by Crippen LogP contribution is 2.23. The van der Waals surface area contributed by atoms with Crippen molar-refractivity contribution in [2.45, 2.75) is 6.54 Å². The van der Waals surface area contributed by atoms with E-state index in [0.717, 1.165) is 12.3 Å². The zero-order chi connectivity index (χ0) is 7.40. The van der Waals surface area contributed by atoms with Crippen molar-refractivity contribution in [3.05, 3.63) is 16.3 Å². The Morgan fingerprint density at radius 3 is 3.10 bits per heavy atom. The van der Waals surface area contributed by atoms with Gasteiger partial charge in [-0.3, -0.25) is 0 Å². The number of thiophene rings is 1. The van der Waals surface area contributed by atoms with Crippen molar-refractivity contribution >= 4 is 11.3 Å². The van der Waals surface area contributed by atoms with Crippen LogP contribution in [0.15, 0.2) is 11.4 Å². The third kappa shape index (κ3) is 1.49. The highest BCUT2D eigenvalue weighted by molar-refractivity contribution is 7.10. The quantitative estimate of drug-likeness (QED) is 0.717. The van der Waals surface area contributed by atoms with E-state index in [4.69, 9.17) is 4.74 Å². The summed E-state index contributed by atoms with van der Waals surface area (Å²) in [6, 6.07) is 1.98. The lowest BCUT2D eigenvalue weighted by Crippen LogP contribution is -2.04. The number of nitrogens with one attached hydrogen (secondary N) is 1. The molecule has 0 aliphatic heterocycles. The fourth-order valence-electron chi connectivity index (χ4n) is 0.800. The molecule has 0 saturated heterocycles. The Labute approximate surface area is 64.8 Å². The molecule has 0 bridgehead atoms. The van der Waals surface area contributed by atoms with Crippen LogP contribution in [0.25, 0.3) is 0 Å². The van der Waals surface area contributed by atoms with Gasteiger partial charge in [0.05, 0.1) is 12.0 Å². The summed E-state index contributed by atoms with van der Waals surface area (Å²) >= 11 is 1.71. The standard InChI is InChI=1S/C7H11NOS/c1-8-5-7-6(9-2)3-4-10-7/h3-4,8H,5H2,1-2H3. The summed E-state index contributed by atoms with van der Waals surface area (Å²) in [7, 11) is 3.63. The molecule has 1 aromatic rings. The van der Waals surface area contributed by atoms with Crippen molar-refractivity contribution in [1.82, 2.24) is 5.32 Å². The minimum Gasteiger partial charge on any atom is -0.496 e. The van der Waals surface area contributed by atoms with Gasteiger partial charge in [0.15, 0.2) is 0 Å². The molecule has 0 saturated carbocycles. The maximum Gasteiger partial charge on any atom is 0.134 e. The van der Waals surface area contributed by atoms with Crippen LogP contribution in [0.3, 0.4) is 0 Å². The zero-order valence-corrected chi connectivity index (χ0v) is 6.99. The minimum atomic E-state index is 0.890. The molecule has 1 heterocycles. The number of ether oxygens (including phenoxy) is 1. The summed E-state index contributed by atoms with van der Waals surface area (Å²) in [4.78, 5) is 1.25. The fourth-order valence-corrected chi connectivity index (χ4v) is 1.65. The fraction of sp³-hybridized carbons (Fsp3) is 0.429. The summed E-state index contributed by atoms with van der Waals surface area (Å²) in [5.74, 6) is 0.986. The van der Waals surface area contributed by atoms with Crippen LogP contribution in [0.1, 0.15) is 4.88 Å². The molecule has 1 rings (SSSR count). The van der Waals surface area contributed by atoms with Gasteiger partial charge in [-0.15, -0.1) is 11.3 Å². The van der Waals surface area contributed by atoms with Gasteiger partial charge < -0.3 is 10.1 Å². The molecular weight excluding hydrogens is 146 g/mol. The average molecular weight is 157 g/mol. The van der Waals surface area contributed by atoms with E-state index in [1.807, 2.05) is 18.5 Å². The maximum absolute atomic E-state index is 5.11. The molecule has 0 radical (unpaired) electrons. The lowest BCUT2D eigenvalue weighted by molar-refractivity contribution is 0.411. The lowest BCUT2D eigenvalue weighted by atomic mass is 10.4. The van der Waals surface area contributed by atoms with Gasteiger partial charge in [-0.05, 0) is 18.5 Å². The number of hydrogen-bond acceptors (Lipinski definition) is 3. The van der Waals surface area contributed by atoms with Crippen LogP contribution in [0.2, 0.25) is 0 Å². The van der Waals surface area contributed by atoms with Gasteiger partial charge in [-0.25, -0.2) is 0 Å².